The number of esters is 1. The Kier molecular flexibility index (Phi) is 7.42. The van der Waals surface area contributed by atoms with Gasteiger partial charge in [-0.05, 0) is 44.4 Å². The summed E-state index contributed by atoms with van der Waals surface area (Å²) in [5, 5.41) is 4.04. The molecule has 0 aliphatic carbocycles. The molecule has 1 fully saturated rings. The topological polar surface area (TPSA) is 104 Å². The standard InChI is InChI=1S/C26H27FN4O5/c1-3-36-25(34)19-12-9-15-29(16-19)23(32)22-24(33)30(17(2)18-10-5-4-6-11-18)26(35)31(28-22)21-14-8-7-13-20(21)27/h4-8,10-11,13-14,17,19H,3,9,12,15-16H2,1-2H3/t17-,19-/m1/s1. The molecule has 9 nitrogen and oxygen atoms in total. The molecule has 2 atom stereocenters. The highest BCUT2D eigenvalue weighted by molar-refractivity contribution is 5.92. The number of aromatic nitrogens is 3. The number of likely N-dealkylation sites (tertiary alicyclic amines) is 1. The fourth-order valence-corrected chi connectivity index (χ4v) is 4.39. The highest BCUT2D eigenvalue weighted by Gasteiger charge is 2.33. The zero-order valence-corrected chi connectivity index (χ0v) is 20.1. The van der Waals surface area contributed by atoms with E-state index in [-0.39, 0.29) is 18.8 Å². The Morgan fingerprint density at radius 1 is 1.11 bits per heavy atom. The molecule has 0 spiro atoms. The minimum absolute atomic E-state index is 0.0614. The molecule has 36 heavy (non-hydrogen) atoms. The number of nitrogens with zero attached hydrogens (tertiary/aromatic N) is 4. The van der Waals surface area contributed by atoms with Crippen molar-refractivity contribution in [3.63, 3.8) is 0 Å². The van der Waals surface area contributed by atoms with E-state index in [1.54, 1.807) is 44.2 Å². The number of carbonyl (C=O) groups excluding carboxylic acids is 2. The third kappa shape index (κ3) is 4.84. The maximum absolute atomic E-state index is 14.7. The SMILES string of the molecule is CCOC(=O)[C@@H]1CCCN(C(=O)c2nn(-c3ccccc3F)c(=O)n([C@H](C)c3ccccc3)c2=O)C1. The second-order valence-corrected chi connectivity index (χ2v) is 8.60. The molecule has 3 aromatic rings. The van der Waals surface area contributed by atoms with E-state index in [2.05, 4.69) is 5.10 Å². The summed E-state index contributed by atoms with van der Waals surface area (Å²) < 4.78 is 21.4. The normalized spacial score (nSPS) is 16.4. The monoisotopic (exact) mass is 494 g/mol. The Balaban J connectivity index is 1.84. The molecule has 2 aromatic carbocycles. The lowest BCUT2D eigenvalue weighted by molar-refractivity contribution is -0.149. The van der Waals surface area contributed by atoms with Gasteiger partial charge in [0.05, 0.1) is 18.6 Å². The van der Waals surface area contributed by atoms with Gasteiger partial charge < -0.3 is 9.64 Å². The van der Waals surface area contributed by atoms with Crippen molar-refractivity contribution in [1.82, 2.24) is 19.2 Å². The van der Waals surface area contributed by atoms with Crippen molar-refractivity contribution < 1.29 is 18.7 Å². The molecule has 1 aliphatic heterocycles. The molecule has 1 amide bonds. The average molecular weight is 495 g/mol. The van der Waals surface area contributed by atoms with Gasteiger partial charge in [0.25, 0.3) is 11.5 Å². The molecule has 0 unspecified atom stereocenters. The Bertz CT molecular complexity index is 1390. The lowest BCUT2D eigenvalue weighted by Crippen LogP contribution is -2.50. The van der Waals surface area contributed by atoms with E-state index in [0.29, 0.717) is 24.9 Å². The first-order chi connectivity index (χ1) is 17.3. The lowest BCUT2D eigenvalue weighted by Gasteiger charge is -2.31. The number of rotatable bonds is 6. The molecule has 1 aliphatic rings. The number of piperidine rings is 1. The molecule has 188 valence electrons. The molecule has 2 heterocycles. The lowest BCUT2D eigenvalue weighted by atomic mass is 9.98. The molecule has 0 radical (unpaired) electrons. The summed E-state index contributed by atoms with van der Waals surface area (Å²) in [6.45, 7) is 3.95. The first-order valence-electron chi connectivity index (χ1n) is 11.8. The minimum atomic E-state index is -0.882. The van der Waals surface area contributed by atoms with Gasteiger partial charge >= 0.3 is 11.7 Å². The van der Waals surface area contributed by atoms with Crippen LogP contribution in [0.15, 0.2) is 64.2 Å². The number of para-hydroxylation sites is 1. The third-order valence-corrected chi connectivity index (χ3v) is 6.29. The van der Waals surface area contributed by atoms with Crippen LogP contribution < -0.4 is 11.2 Å². The van der Waals surface area contributed by atoms with Crippen molar-refractivity contribution >= 4 is 11.9 Å². The first-order valence-corrected chi connectivity index (χ1v) is 11.8. The Labute approximate surface area is 206 Å². The minimum Gasteiger partial charge on any atom is -0.466 e. The van der Waals surface area contributed by atoms with Gasteiger partial charge in [-0.2, -0.15) is 9.78 Å². The van der Waals surface area contributed by atoms with E-state index < -0.39 is 46.6 Å². The number of carbonyl (C=O) groups is 2. The molecular formula is C26H27FN4O5. The van der Waals surface area contributed by atoms with Crippen molar-refractivity contribution in [2.24, 2.45) is 5.92 Å². The van der Waals surface area contributed by atoms with Crippen molar-refractivity contribution in [1.29, 1.82) is 0 Å². The number of benzene rings is 2. The highest BCUT2D eigenvalue weighted by Crippen LogP contribution is 2.20. The first kappa shape index (κ1) is 25.0. The predicted octanol–water partition coefficient (Wildman–Crippen LogP) is 2.56. The van der Waals surface area contributed by atoms with E-state index in [1.165, 1.54) is 23.1 Å². The van der Waals surface area contributed by atoms with Gasteiger partial charge in [0.15, 0.2) is 0 Å². The van der Waals surface area contributed by atoms with Crippen LogP contribution in [-0.4, -0.2) is 50.8 Å². The molecule has 10 heteroatoms. The molecule has 4 rings (SSSR count). The second-order valence-electron chi connectivity index (χ2n) is 8.60. The van der Waals surface area contributed by atoms with Crippen LogP contribution in [0.5, 0.6) is 0 Å². The molecule has 0 bridgehead atoms. The number of amides is 1. The summed E-state index contributed by atoms with van der Waals surface area (Å²) >= 11 is 0. The maximum Gasteiger partial charge on any atom is 0.352 e. The van der Waals surface area contributed by atoms with Crippen LogP contribution in [0.25, 0.3) is 5.69 Å². The average Bonchev–Trinajstić information content (AvgIpc) is 2.90. The van der Waals surface area contributed by atoms with Crippen molar-refractivity contribution in [3.05, 3.63) is 92.5 Å². The fourth-order valence-electron chi connectivity index (χ4n) is 4.39. The summed E-state index contributed by atoms with van der Waals surface area (Å²) in [6, 6.07) is 13.6. The summed E-state index contributed by atoms with van der Waals surface area (Å²) in [5.41, 5.74) is -1.81. The van der Waals surface area contributed by atoms with E-state index in [0.717, 1.165) is 15.3 Å². The van der Waals surface area contributed by atoms with Crippen molar-refractivity contribution in [3.8, 4) is 5.69 Å². The van der Waals surface area contributed by atoms with E-state index in [1.807, 2.05) is 0 Å². The van der Waals surface area contributed by atoms with E-state index in [4.69, 9.17) is 4.74 Å². The van der Waals surface area contributed by atoms with Gasteiger partial charge in [-0.3, -0.25) is 14.4 Å². The van der Waals surface area contributed by atoms with Crippen molar-refractivity contribution in [2.75, 3.05) is 19.7 Å². The summed E-state index contributed by atoms with van der Waals surface area (Å²) in [5.74, 6) is -2.39. The van der Waals surface area contributed by atoms with Gasteiger partial charge in [0.1, 0.15) is 11.5 Å². The number of halogens is 1. The predicted molar refractivity (Wildman–Crippen MR) is 130 cm³/mol. The van der Waals surface area contributed by atoms with Crippen molar-refractivity contribution in [2.45, 2.75) is 32.7 Å². The number of hydrogen-bond donors (Lipinski definition) is 0. The Hall–Kier alpha value is -4.08. The quantitative estimate of drug-likeness (QED) is 0.488. The van der Waals surface area contributed by atoms with E-state index in [9.17, 15) is 23.6 Å². The number of hydrogen-bond acceptors (Lipinski definition) is 6. The van der Waals surface area contributed by atoms with Gasteiger partial charge in [-0.15, -0.1) is 0 Å². The van der Waals surface area contributed by atoms with E-state index >= 15 is 0 Å². The van der Waals surface area contributed by atoms with Crippen LogP contribution in [0.2, 0.25) is 0 Å². The summed E-state index contributed by atoms with van der Waals surface area (Å²) in [6.07, 6.45) is 1.09. The molecule has 1 saturated heterocycles. The van der Waals surface area contributed by atoms with Crippen LogP contribution in [0.1, 0.15) is 48.8 Å². The smallest absolute Gasteiger partial charge is 0.352 e. The van der Waals surface area contributed by atoms with Crippen LogP contribution in [0, 0.1) is 11.7 Å². The summed E-state index contributed by atoms with van der Waals surface area (Å²) in [4.78, 5) is 54.1. The number of ether oxygens (including phenoxy) is 1. The van der Waals surface area contributed by atoms with Gasteiger partial charge in [-0.25, -0.2) is 13.8 Å². The van der Waals surface area contributed by atoms with Crippen LogP contribution >= 0.6 is 0 Å². The van der Waals surface area contributed by atoms with Gasteiger partial charge in [-0.1, -0.05) is 42.5 Å². The zero-order valence-electron chi connectivity index (χ0n) is 20.1. The Morgan fingerprint density at radius 2 is 1.81 bits per heavy atom. The van der Waals surface area contributed by atoms with Gasteiger partial charge in [0.2, 0.25) is 5.69 Å². The fraction of sp³-hybridized carbons (Fsp3) is 0.346. The highest BCUT2D eigenvalue weighted by atomic mass is 19.1. The van der Waals surface area contributed by atoms with Crippen LogP contribution in [0.4, 0.5) is 4.39 Å². The molecular weight excluding hydrogens is 467 g/mol. The van der Waals surface area contributed by atoms with Crippen LogP contribution in [-0.2, 0) is 9.53 Å². The maximum atomic E-state index is 14.7. The molecule has 0 N–H and O–H groups in total. The van der Waals surface area contributed by atoms with Gasteiger partial charge in [0, 0.05) is 13.1 Å². The Morgan fingerprint density at radius 3 is 2.50 bits per heavy atom. The molecule has 1 aromatic heterocycles. The largest absolute Gasteiger partial charge is 0.466 e. The second kappa shape index (κ2) is 10.7. The zero-order chi connectivity index (χ0) is 25.8. The molecule has 0 saturated carbocycles. The summed E-state index contributed by atoms with van der Waals surface area (Å²) in [7, 11) is 0. The third-order valence-electron chi connectivity index (χ3n) is 6.29. The van der Waals surface area contributed by atoms with Crippen LogP contribution in [0.3, 0.4) is 0 Å².